The van der Waals surface area contributed by atoms with Crippen molar-refractivity contribution in [2.24, 2.45) is 0 Å². The minimum Gasteiger partial charge on any atom is -0.349 e. The van der Waals surface area contributed by atoms with Crippen molar-refractivity contribution in [2.75, 3.05) is 5.32 Å². The number of aryl methyl sites for hydroxylation is 1. The lowest BCUT2D eigenvalue weighted by molar-refractivity contribution is 0.0923. The molecule has 4 rings (SSSR count). The van der Waals surface area contributed by atoms with Crippen molar-refractivity contribution in [1.82, 2.24) is 10.6 Å². The van der Waals surface area contributed by atoms with Crippen molar-refractivity contribution in [3.05, 3.63) is 65.2 Å². The van der Waals surface area contributed by atoms with Crippen LogP contribution in [0.3, 0.4) is 0 Å². The minimum absolute atomic E-state index is 0. The van der Waals surface area contributed by atoms with E-state index >= 15 is 0 Å². The Labute approximate surface area is 171 Å². The molecule has 2 saturated heterocycles. The highest BCUT2D eigenvalue weighted by atomic mass is 35.5. The van der Waals surface area contributed by atoms with Gasteiger partial charge in [-0.2, -0.15) is 0 Å². The second kappa shape index (κ2) is 8.76. The largest absolute Gasteiger partial charge is 0.349 e. The second-order valence-electron chi connectivity index (χ2n) is 7.63. The summed E-state index contributed by atoms with van der Waals surface area (Å²) in [5.74, 6) is -0.248. The maximum absolute atomic E-state index is 12.7. The Morgan fingerprint density at radius 2 is 1.61 bits per heavy atom. The van der Waals surface area contributed by atoms with E-state index in [2.05, 4.69) is 16.0 Å². The molecule has 2 atom stereocenters. The Kier molecular flexibility index (Phi) is 6.37. The number of hydrogen-bond acceptors (Lipinski definition) is 3. The molecule has 2 aromatic carbocycles. The van der Waals surface area contributed by atoms with Crippen molar-refractivity contribution in [3.8, 4) is 0 Å². The van der Waals surface area contributed by atoms with Crippen LogP contribution < -0.4 is 16.0 Å². The Bertz CT molecular complexity index is 844. The first-order valence-corrected chi connectivity index (χ1v) is 9.62. The van der Waals surface area contributed by atoms with Crippen molar-refractivity contribution < 1.29 is 9.59 Å². The zero-order valence-electron chi connectivity index (χ0n) is 15.9. The van der Waals surface area contributed by atoms with Gasteiger partial charge in [-0.05, 0) is 62.4 Å². The number of carbonyl (C=O) groups is 2. The summed E-state index contributed by atoms with van der Waals surface area (Å²) < 4.78 is 0. The highest BCUT2D eigenvalue weighted by Gasteiger charge is 2.34. The third-order valence-corrected chi connectivity index (χ3v) is 5.59. The van der Waals surface area contributed by atoms with E-state index in [0.717, 1.165) is 18.4 Å². The van der Waals surface area contributed by atoms with E-state index in [1.54, 1.807) is 18.2 Å². The SMILES string of the molecule is Cc1ccc(C(=O)NC2CC3CCC(C2)N3)cc1NC(=O)c1ccccc1.Cl. The summed E-state index contributed by atoms with van der Waals surface area (Å²) in [7, 11) is 0. The number of hydrogen-bond donors (Lipinski definition) is 3. The molecule has 3 N–H and O–H groups in total. The van der Waals surface area contributed by atoms with E-state index in [-0.39, 0.29) is 30.3 Å². The molecule has 0 radical (unpaired) electrons. The van der Waals surface area contributed by atoms with Gasteiger partial charge in [-0.25, -0.2) is 0 Å². The topological polar surface area (TPSA) is 70.2 Å². The van der Waals surface area contributed by atoms with Gasteiger partial charge in [0.2, 0.25) is 0 Å². The van der Waals surface area contributed by atoms with Crippen LogP contribution in [0.25, 0.3) is 0 Å². The van der Waals surface area contributed by atoms with Gasteiger partial charge in [0.25, 0.3) is 11.8 Å². The normalized spacial score (nSPS) is 22.8. The molecule has 5 nitrogen and oxygen atoms in total. The molecule has 148 valence electrons. The molecule has 2 unspecified atom stereocenters. The summed E-state index contributed by atoms with van der Waals surface area (Å²) in [6.07, 6.45) is 4.39. The van der Waals surface area contributed by atoms with Crippen LogP contribution in [0.1, 0.15) is 52.0 Å². The average Bonchev–Trinajstić information content (AvgIpc) is 3.02. The number of rotatable bonds is 4. The first-order valence-electron chi connectivity index (χ1n) is 9.62. The maximum atomic E-state index is 12.7. The molecule has 6 heteroatoms. The number of benzene rings is 2. The first kappa shape index (κ1) is 20.4. The summed E-state index contributed by atoms with van der Waals surface area (Å²) in [6, 6.07) is 15.8. The maximum Gasteiger partial charge on any atom is 0.255 e. The number of fused-ring (bicyclic) bond motifs is 2. The molecule has 28 heavy (non-hydrogen) atoms. The van der Waals surface area contributed by atoms with Crippen LogP contribution >= 0.6 is 12.4 Å². The highest BCUT2D eigenvalue weighted by molar-refractivity contribution is 6.05. The van der Waals surface area contributed by atoms with E-state index in [0.29, 0.717) is 28.9 Å². The number of carbonyl (C=O) groups excluding carboxylic acids is 2. The van der Waals surface area contributed by atoms with Gasteiger partial charge >= 0.3 is 0 Å². The molecule has 2 fully saturated rings. The number of halogens is 1. The zero-order valence-corrected chi connectivity index (χ0v) is 16.7. The minimum atomic E-state index is -0.175. The van der Waals surface area contributed by atoms with Gasteiger partial charge in [-0.1, -0.05) is 24.3 Å². The number of piperidine rings is 1. The predicted octanol–water partition coefficient (Wildman–Crippen LogP) is 3.68. The lowest BCUT2D eigenvalue weighted by Crippen LogP contribution is -2.48. The molecule has 0 aromatic heterocycles. The molecule has 2 bridgehead atoms. The molecule has 2 aromatic rings. The van der Waals surface area contributed by atoms with Crippen LogP contribution in [0.5, 0.6) is 0 Å². The molecule has 0 spiro atoms. The van der Waals surface area contributed by atoms with Crippen molar-refractivity contribution in [3.63, 3.8) is 0 Å². The quantitative estimate of drug-likeness (QED) is 0.734. The van der Waals surface area contributed by atoms with Crippen molar-refractivity contribution in [1.29, 1.82) is 0 Å². The van der Waals surface area contributed by atoms with E-state index in [4.69, 9.17) is 0 Å². The third kappa shape index (κ3) is 4.54. The second-order valence-corrected chi connectivity index (χ2v) is 7.63. The van der Waals surface area contributed by atoms with E-state index in [1.807, 2.05) is 37.3 Å². The van der Waals surface area contributed by atoms with Crippen LogP contribution in [0.4, 0.5) is 5.69 Å². The van der Waals surface area contributed by atoms with Gasteiger partial charge in [0.15, 0.2) is 0 Å². The molecular formula is C22H26ClN3O2. The van der Waals surface area contributed by atoms with Crippen LogP contribution in [-0.4, -0.2) is 29.9 Å². The summed E-state index contributed by atoms with van der Waals surface area (Å²) in [5.41, 5.74) is 2.77. The van der Waals surface area contributed by atoms with Crippen LogP contribution in [-0.2, 0) is 0 Å². The first-order chi connectivity index (χ1) is 13.1. The van der Waals surface area contributed by atoms with Crippen LogP contribution in [0.2, 0.25) is 0 Å². The van der Waals surface area contributed by atoms with Crippen LogP contribution in [0.15, 0.2) is 48.5 Å². The fraction of sp³-hybridized carbons (Fsp3) is 0.364. The Balaban J connectivity index is 0.00000225. The van der Waals surface area contributed by atoms with Crippen molar-refractivity contribution in [2.45, 2.75) is 50.7 Å². The van der Waals surface area contributed by atoms with E-state index in [9.17, 15) is 9.59 Å². The number of anilines is 1. The van der Waals surface area contributed by atoms with Gasteiger partial charge in [-0.3, -0.25) is 9.59 Å². The average molecular weight is 400 g/mol. The van der Waals surface area contributed by atoms with Crippen molar-refractivity contribution >= 4 is 29.9 Å². The van der Waals surface area contributed by atoms with E-state index < -0.39 is 0 Å². The van der Waals surface area contributed by atoms with E-state index in [1.165, 1.54) is 12.8 Å². The fourth-order valence-corrected chi connectivity index (χ4v) is 4.13. The monoisotopic (exact) mass is 399 g/mol. The summed E-state index contributed by atoms with van der Waals surface area (Å²) >= 11 is 0. The molecule has 2 aliphatic heterocycles. The van der Waals surface area contributed by atoms with Gasteiger partial charge in [0.1, 0.15) is 0 Å². The smallest absolute Gasteiger partial charge is 0.255 e. The van der Waals surface area contributed by atoms with Gasteiger partial charge in [0.05, 0.1) is 0 Å². The summed E-state index contributed by atoms with van der Waals surface area (Å²) in [6.45, 7) is 1.92. The number of amides is 2. The van der Waals surface area contributed by atoms with Gasteiger partial charge in [0, 0.05) is 34.9 Å². The Hall–Kier alpha value is -2.37. The molecule has 2 amide bonds. The fourth-order valence-electron chi connectivity index (χ4n) is 4.13. The standard InChI is InChI=1S/C22H25N3O2.ClH/c1-14-7-8-16(11-20(14)25-21(26)15-5-3-2-4-6-15)22(27)24-19-12-17-9-10-18(13-19)23-17;/h2-8,11,17-19,23H,9-10,12-13H2,1H3,(H,24,27)(H,25,26);1H. The summed E-state index contributed by atoms with van der Waals surface area (Å²) in [5, 5.41) is 9.68. The molecule has 2 heterocycles. The third-order valence-electron chi connectivity index (χ3n) is 5.59. The lowest BCUT2D eigenvalue weighted by Gasteiger charge is -2.29. The highest BCUT2D eigenvalue weighted by Crippen LogP contribution is 2.27. The molecule has 0 saturated carbocycles. The van der Waals surface area contributed by atoms with Crippen LogP contribution in [0, 0.1) is 6.92 Å². The molecule has 2 aliphatic rings. The lowest BCUT2D eigenvalue weighted by atomic mass is 9.99. The Morgan fingerprint density at radius 1 is 0.929 bits per heavy atom. The predicted molar refractivity (Wildman–Crippen MR) is 113 cm³/mol. The Morgan fingerprint density at radius 3 is 2.29 bits per heavy atom. The molecule has 0 aliphatic carbocycles. The van der Waals surface area contributed by atoms with Gasteiger partial charge < -0.3 is 16.0 Å². The zero-order chi connectivity index (χ0) is 18.8. The van der Waals surface area contributed by atoms with Gasteiger partial charge in [-0.15, -0.1) is 12.4 Å². The molecular weight excluding hydrogens is 374 g/mol. The number of nitrogens with one attached hydrogen (secondary N) is 3. The summed E-state index contributed by atoms with van der Waals surface area (Å²) in [4.78, 5) is 25.1.